The van der Waals surface area contributed by atoms with E-state index in [4.69, 9.17) is 0 Å². The third-order valence-corrected chi connectivity index (χ3v) is 4.06. The summed E-state index contributed by atoms with van der Waals surface area (Å²) in [6, 6.07) is 0. The molecule has 20 heavy (non-hydrogen) atoms. The van der Waals surface area contributed by atoms with Gasteiger partial charge < -0.3 is 9.47 Å². The summed E-state index contributed by atoms with van der Waals surface area (Å²) in [6.07, 6.45) is -1.10. The second kappa shape index (κ2) is 6.57. The second-order valence-corrected chi connectivity index (χ2v) is 5.84. The Morgan fingerprint density at radius 3 is 2.60 bits per heavy atom. The van der Waals surface area contributed by atoms with Crippen LogP contribution < -0.4 is 9.44 Å². The number of ether oxygens (including phenoxy) is 2. The average molecular weight is 322 g/mol. The fourth-order valence-electron chi connectivity index (χ4n) is 1.24. The second-order valence-electron chi connectivity index (χ2n) is 3.54. The van der Waals surface area contributed by atoms with E-state index in [0.29, 0.717) is 5.56 Å². The Hall–Kier alpha value is -1.81. The van der Waals surface area contributed by atoms with Crippen LogP contribution in [0.25, 0.3) is 0 Å². The van der Waals surface area contributed by atoms with Gasteiger partial charge in [-0.25, -0.2) is 14.3 Å². The molecule has 0 spiro atoms. The van der Waals surface area contributed by atoms with Crippen LogP contribution in [-0.2, 0) is 19.7 Å². The molecule has 1 heterocycles. The summed E-state index contributed by atoms with van der Waals surface area (Å²) in [4.78, 5) is 22.7. The zero-order chi connectivity index (χ0) is 15.3. The molecular weight excluding hydrogens is 308 g/mol. The number of hydrogen-bond donors (Lipinski definition) is 2. The third-order valence-electron chi connectivity index (χ3n) is 2.08. The summed E-state index contributed by atoms with van der Waals surface area (Å²) in [5.74, 6) is -0.670. The first kappa shape index (κ1) is 16.2. The number of esters is 1. The normalized spacial score (nSPS) is 10.8. The summed E-state index contributed by atoms with van der Waals surface area (Å²) in [5, 5.41) is 1.59. The van der Waals surface area contributed by atoms with Crippen LogP contribution in [0, 0.1) is 6.92 Å². The van der Waals surface area contributed by atoms with Crippen molar-refractivity contribution < 1.29 is 27.5 Å². The zero-order valence-electron chi connectivity index (χ0n) is 11.1. The molecule has 0 aromatic carbocycles. The van der Waals surface area contributed by atoms with Gasteiger partial charge in [0.2, 0.25) is 0 Å². The van der Waals surface area contributed by atoms with E-state index in [0.717, 1.165) is 11.3 Å². The van der Waals surface area contributed by atoms with Gasteiger partial charge >= 0.3 is 22.3 Å². The Morgan fingerprint density at radius 1 is 1.40 bits per heavy atom. The molecule has 1 aromatic heterocycles. The van der Waals surface area contributed by atoms with Crippen LogP contribution in [0.1, 0.15) is 22.2 Å². The topological polar surface area (TPSA) is 111 Å². The molecular formula is C10H14N2O6S2. The van der Waals surface area contributed by atoms with Crippen molar-refractivity contribution >= 4 is 39.3 Å². The van der Waals surface area contributed by atoms with Gasteiger partial charge in [0.05, 0.1) is 19.4 Å². The number of rotatable bonds is 5. The van der Waals surface area contributed by atoms with Crippen LogP contribution >= 0.6 is 11.3 Å². The van der Waals surface area contributed by atoms with Crippen molar-refractivity contribution in [2.45, 2.75) is 13.8 Å². The maximum Gasteiger partial charge on any atom is 0.422 e. The van der Waals surface area contributed by atoms with E-state index in [1.54, 1.807) is 17.0 Å². The van der Waals surface area contributed by atoms with Gasteiger partial charge in [-0.15, -0.1) is 11.3 Å². The molecule has 0 atom stereocenters. The first-order valence-electron chi connectivity index (χ1n) is 5.44. The molecule has 0 aliphatic rings. The Bertz CT molecular complexity index is 607. The molecule has 0 aliphatic carbocycles. The number of carbonyl (C=O) groups excluding carboxylic acids is 2. The maximum absolute atomic E-state index is 11.7. The van der Waals surface area contributed by atoms with Crippen molar-refractivity contribution in [2.75, 3.05) is 18.4 Å². The van der Waals surface area contributed by atoms with Crippen LogP contribution in [0.2, 0.25) is 0 Å². The Labute approximate surface area is 120 Å². The monoisotopic (exact) mass is 322 g/mol. The predicted octanol–water partition coefficient (Wildman–Crippen LogP) is 1.25. The average Bonchev–Trinajstić information content (AvgIpc) is 2.69. The number of nitrogens with one attached hydrogen (secondary N) is 2. The van der Waals surface area contributed by atoms with Gasteiger partial charge in [-0.1, -0.05) is 0 Å². The van der Waals surface area contributed by atoms with E-state index in [1.165, 1.54) is 14.0 Å². The van der Waals surface area contributed by atoms with Gasteiger partial charge in [0.1, 0.15) is 4.88 Å². The van der Waals surface area contributed by atoms with Crippen molar-refractivity contribution in [3.8, 4) is 0 Å². The summed E-state index contributed by atoms with van der Waals surface area (Å²) < 4.78 is 36.2. The fourth-order valence-corrected chi connectivity index (χ4v) is 3.09. The SMILES string of the molecule is CCOC(=O)NS(=O)(=O)Nc1c(C)csc1C(=O)OC. The lowest BCUT2D eigenvalue weighted by molar-refractivity contribution is 0.0607. The van der Waals surface area contributed by atoms with Gasteiger partial charge in [0.25, 0.3) is 0 Å². The van der Waals surface area contributed by atoms with Gasteiger partial charge in [-0.05, 0) is 24.8 Å². The number of hydrogen-bond acceptors (Lipinski definition) is 7. The number of amides is 1. The largest absolute Gasteiger partial charge is 0.465 e. The van der Waals surface area contributed by atoms with E-state index in [2.05, 4.69) is 14.2 Å². The Morgan fingerprint density at radius 2 is 2.05 bits per heavy atom. The first-order chi connectivity index (χ1) is 9.30. The molecule has 112 valence electrons. The molecule has 0 fully saturated rings. The van der Waals surface area contributed by atoms with E-state index >= 15 is 0 Å². The quantitative estimate of drug-likeness (QED) is 0.789. The molecule has 0 aliphatic heterocycles. The lowest BCUT2D eigenvalue weighted by Gasteiger charge is -2.10. The Balaban J connectivity index is 2.95. The molecule has 0 saturated heterocycles. The standard InChI is InChI=1S/C10H14N2O6S2/c1-4-18-10(14)12-20(15,16)11-7-6(2)5-19-8(7)9(13)17-3/h5,11H,4H2,1-3H3,(H,12,14). The van der Waals surface area contributed by atoms with Gasteiger partial charge in [0, 0.05) is 0 Å². The minimum Gasteiger partial charge on any atom is -0.465 e. The number of carbonyl (C=O) groups is 2. The van der Waals surface area contributed by atoms with Crippen molar-refractivity contribution in [3.05, 3.63) is 15.8 Å². The van der Waals surface area contributed by atoms with Crippen LogP contribution in [0.4, 0.5) is 10.5 Å². The minimum absolute atomic E-state index is 0.0340. The van der Waals surface area contributed by atoms with Crippen molar-refractivity contribution in [3.63, 3.8) is 0 Å². The molecule has 1 aromatic rings. The number of aryl methyl sites for hydroxylation is 1. The highest BCUT2D eigenvalue weighted by Crippen LogP contribution is 2.28. The highest BCUT2D eigenvalue weighted by molar-refractivity contribution is 7.91. The summed E-state index contributed by atoms with van der Waals surface area (Å²) in [6.45, 7) is 3.19. The van der Waals surface area contributed by atoms with Crippen LogP contribution in [0.15, 0.2) is 5.38 Å². The predicted molar refractivity (Wildman–Crippen MR) is 73.1 cm³/mol. The molecule has 10 heteroatoms. The van der Waals surface area contributed by atoms with Gasteiger partial charge in [-0.3, -0.25) is 4.72 Å². The number of thiophene rings is 1. The molecule has 1 amide bonds. The lowest BCUT2D eigenvalue weighted by Crippen LogP contribution is -2.36. The number of methoxy groups -OCH3 is 1. The van der Waals surface area contributed by atoms with E-state index in [-0.39, 0.29) is 17.2 Å². The zero-order valence-corrected chi connectivity index (χ0v) is 12.7. The summed E-state index contributed by atoms with van der Waals surface area (Å²) in [5.41, 5.74) is 0.600. The minimum atomic E-state index is -4.19. The summed E-state index contributed by atoms with van der Waals surface area (Å²) >= 11 is 1.03. The van der Waals surface area contributed by atoms with Crippen LogP contribution in [-0.4, -0.2) is 34.2 Å². The number of anilines is 1. The molecule has 0 unspecified atom stereocenters. The smallest absolute Gasteiger partial charge is 0.422 e. The fraction of sp³-hybridized carbons (Fsp3) is 0.400. The van der Waals surface area contributed by atoms with Crippen LogP contribution in [0.5, 0.6) is 0 Å². The van der Waals surface area contributed by atoms with Crippen LogP contribution in [0.3, 0.4) is 0 Å². The molecule has 0 bridgehead atoms. The van der Waals surface area contributed by atoms with Gasteiger partial charge in [0.15, 0.2) is 0 Å². The first-order valence-corrected chi connectivity index (χ1v) is 7.80. The molecule has 0 radical (unpaired) electrons. The molecule has 1 rings (SSSR count). The lowest BCUT2D eigenvalue weighted by atomic mass is 10.3. The molecule has 8 nitrogen and oxygen atoms in total. The molecule has 2 N–H and O–H groups in total. The van der Waals surface area contributed by atoms with E-state index in [1.807, 2.05) is 0 Å². The maximum atomic E-state index is 11.7. The highest BCUT2D eigenvalue weighted by atomic mass is 32.2. The van der Waals surface area contributed by atoms with E-state index < -0.39 is 22.3 Å². The highest BCUT2D eigenvalue weighted by Gasteiger charge is 2.22. The van der Waals surface area contributed by atoms with Crippen molar-refractivity contribution in [1.82, 2.24) is 4.72 Å². The van der Waals surface area contributed by atoms with E-state index in [9.17, 15) is 18.0 Å². The summed E-state index contributed by atoms with van der Waals surface area (Å²) in [7, 11) is -3.00. The third kappa shape index (κ3) is 4.10. The molecule has 0 saturated carbocycles. The van der Waals surface area contributed by atoms with Crippen molar-refractivity contribution in [1.29, 1.82) is 0 Å². The van der Waals surface area contributed by atoms with Gasteiger partial charge in [-0.2, -0.15) is 8.42 Å². The van der Waals surface area contributed by atoms with Crippen molar-refractivity contribution in [2.24, 2.45) is 0 Å². The Kier molecular flexibility index (Phi) is 5.34.